The molecule has 1 aromatic rings. The van der Waals surface area contributed by atoms with Crippen LogP contribution in [0.5, 0.6) is 0 Å². The minimum Gasteiger partial charge on any atom is -0.374 e. The topological polar surface area (TPSA) is 24.5 Å². The third kappa shape index (κ3) is 3.31. The van der Waals surface area contributed by atoms with Crippen molar-refractivity contribution in [3.8, 4) is 0 Å². The third-order valence-corrected chi connectivity index (χ3v) is 3.71. The number of morpholine rings is 1. The van der Waals surface area contributed by atoms with Crippen LogP contribution in [-0.4, -0.2) is 44.3 Å². The van der Waals surface area contributed by atoms with Crippen LogP contribution in [-0.2, 0) is 4.74 Å². The predicted molar refractivity (Wildman–Crippen MR) is 74.8 cm³/mol. The molecule has 1 aromatic carbocycles. The molecule has 1 aliphatic heterocycles. The number of ether oxygens (including phenoxy) is 1. The molecule has 0 saturated carbocycles. The molecule has 0 amide bonds. The number of hydrogen-bond acceptors (Lipinski definition) is 3. The van der Waals surface area contributed by atoms with Gasteiger partial charge < -0.3 is 10.1 Å². The van der Waals surface area contributed by atoms with E-state index in [1.54, 1.807) is 0 Å². The maximum absolute atomic E-state index is 5.75. The van der Waals surface area contributed by atoms with Gasteiger partial charge in [0.2, 0.25) is 0 Å². The van der Waals surface area contributed by atoms with Gasteiger partial charge in [-0.3, -0.25) is 4.90 Å². The molecule has 2 rings (SSSR count). The molecule has 0 spiro atoms. The van der Waals surface area contributed by atoms with Crippen LogP contribution in [0.1, 0.15) is 24.1 Å². The summed E-state index contributed by atoms with van der Waals surface area (Å²) < 4.78 is 5.75. The van der Waals surface area contributed by atoms with E-state index in [9.17, 15) is 0 Å². The maximum Gasteiger partial charge on any atom is 0.0826 e. The molecule has 100 valence electrons. The minimum atomic E-state index is 0.316. The zero-order valence-electron chi connectivity index (χ0n) is 11.6. The Morgan fingerprint density at radius 3 is 2.78 bits per heavy atom. The first-order valence-corrected chi connectivity index (χ1v) is 6.77. The van der Waals surface area contributed by atoms with E-state index in [0.717, 1.165) is 26.2 Å². The highest BCUT2D eigenvalue weighted by Crippen LogP contribution is 2.22. The Hall–Kier alpha value is -0.900. The molecular weight excluding hydrogens is 224 g/mol. The maximum atomic E-state index is 5.75. The Bertz CT molecular complexity index is 361. The van der Waals surface area contributed by atoms with Gasteiger partial charge in [0.05, 0.1) is 12.7 Å². The zero-order chi connectivity index (χ0) is 13.0. The lowest BCUT2D eigenvalue weighted by atomic mass is 10.0. The Morgan fingerprint density at radius 2 is 2.11 bits per heavy atom. The van der Waals surface area contributed by atoms with Gasteiger partial charge in [0.1, 0.15) is 0 Å². The van der Waals surface area contributed by atoms with E-state index in [-0.39, 0.29) is 0 Å². The lowest BCUT2D eigenvalue weighted by Gasteiger charge is -2.37. The molecule has 1 heterocycles. The van der Waals surface area contributed by atoms with Crippen LogP contribution in [0.15, 0.2) is 24.3 Å². The second kappa shape index (κ2) is 6.32. The largest absolute Gasteiger partial charge is 0.374 e. The fourth-order valence-corrected chi connectivity index (χ4v) is 2.50. The number of nitrogens with zero attached hydrogens (tertiary/aromatic N) is 1. The molecule has 0 aliphatic carbocycles. The monoisotopic (exact) mass is 248 g/mol. The molecule has 3 nitrogen and oxygen atoms in total. The van der Waals surface area contributed by atoms with Crippen molar-refractivity contribution in [2.24, 2.45) is 0 Å². The van der Waals surface area contributed by atoms with Crippen LogP contribution >= 0.6 is 0 Å². The summed E-state index contributed by atoms with van der Waals surface area (Å²) >= 11 is 0. The average molecular weight is 248 g/mol. The summed E-state index contributed by atoms with van der Waals surface area (Å²) in [6.07, 6.45) is 0.316. The van der Waals surface area contributed by atoms with Crippen molar-refractivity contribution in [3.05, 3.63) is 35.4 Å². The molecule has 18 heavy (non-hydrogen) atoms. The molecule has 2 unspecified atom stereocenters. The van der Waals surface area contributed by atoms with Gasteiger partial charge in [-0.05, 0) is 26.5 Å². The van der Waals surface area contributed by atoms with Gasteiger partial charge in [-0.25, -0.2) is 0 Å². The van der Waals surface area contributed by atoms with Gasteiger partial charge in [0, 0.05) is 25.7 Å². The van der Waals surface area contributed by atoms with Crippen LogP contribution in [0.25, 0.3) is 0 Å². The summed E-state index contributed by atoms with van der Waals surface area (Å²) in [4.78, 5) is 2.51. The minimum absolute atomic E-state index is 0.316. The predicted octanol–water partition coefficient (Wildman–Crippen LogP) is 1.98. The van der Waals surface area contributed by atoms with Crippen molar-refractivity contribution in [1.29, 1.82) is 0 Å². The van der Waals surface area contributed by atoms with Crippen molar-refractivity contribution in [1.82, 2.24) is 10.2 Å². The van der Waals surface area contributed by atoms with E-state index in [1.807, 2.05) is 7.05 Å². The molecule has 1 N–H and O–H groups in total. The SMILES string of the molecule is CNCC1CN(C(C)c2ccc(C)cc2)CCO1. The van der Waals surface area contributed by atoms with Crippen molar-refractivity contribution in [3.63, 3.8) is 0 Å². The summed E-state index contributed by atoms with van der Waals surface area (Å²) in [6, 6.07) is 9.33. The quantitative estimate of drug-likeness (QED) is 0.882. The summed E-state index contributed by atoms with van der Waals surface area (Å²) in [7, 11) is 1.98. The zero-order valence-corrected chi connectivity index (χ0v) is 11.6. The Morgan fingerprint density at radius 1 is 1.39 bits per heavy atom. The fourth-order valence-electron chi connectivity index (χ4n) is 2.50. The van der Waals surface area contributed by atoms with Crippen LogP contribution in [0.3, 0.4) is 0 Å². The van der Waals surface area contributed by atoms with Gasteiger partial charge in [-0.1, -0.05) is 29.8 Å². The summed E-state index contributed by atoms with van der Waals surface area (Å²) in [5, 5.41) is 3.19. The van der Waals surface area contributed by atoms with Crippen LogP contribution < -0.4 is 5.32 Å². The number of hydrogen-bond donors (Lipinski definition) is 1. The molecule has 3 heteroatoms. The van der Waals surface area contributed by atoms with E-state index in [0.29, 0.717) is 12.1 Å². The molecule has 1 aliphatic rings. The first kappa shape index (κ1) is 13.5. The lowest BCUT2D eigenvalue weighted by Crippen LogP contribution is -2.46. The first-order valence-electron chi connectivity index (χ1n) is 6.77. The normalized spacial score (nSPS) is 22.9. The van der Waals surface area contributed by atoms with E-state index in [4.69, 9.17) is 4.74 Å². The average Bonchev–Trinajstić information content (AvgIpc) is 2.39. The molecule has 1 fully saturated rings. The lowest BCUT2D eigenvalue weighted by molar-refractivity contribution is -0.0393. The standard InChI is InChI=1S/C15H24N2O/c1-12-4-6-14(7-5-12)13(2)17-8-9-18-15(11-17)10-16-3/h4-7,13,15-16H,8-11H2,1-3H3. The van der Waals surface area contributed by atoms with Gasteiger partial charge in [-0.2, -0.15) is 0 Å². The first-order chi connectivity index (χ1) is 8.70. The van der Waals surface area contributed by atoms with Crippen molar-refractivity contribution < 1.29 is 4.74 Å². The Labute approximate surface area is 110 Å². The highest BCUT2D eigenvalue weighted by molar-refractivity contribution is 5.23. The van der Waals surface area contributed by atoms with Crippen LogP contribution in [0.2, 0.25) is 0 Å². The van der Waals surface area contributed by atoms with Gasteiger partial charge in [0.15, 0.2) is 0 Å². The number of aryl methyl sites for hydroxylation is 1. The van der Waals surface area contributed by atoms with Crippen molar-refractivity contribution in [2.45, 2.75) is 26.0 Å². The number of benzene rings is 1. The van der Waals surface area contributed by atoms with E-state index < -0.39 is 0 Å². The van der Waals surface area contributed by atoms with Gasteiger partial charge in [-0.15, -0.1) is 0 Å². The Balaban J connectivity index is 1.99. The molecule has 1 saturated heterocycles. The third-order valence-electron chi connectivity index (χ3n) is 3.71. The van der Waals surface area contributed by atoms with E-state index >= 15 is 0 Å². The van der Waals surface area contributed by atoms with Crippen molar-refractivity contribution in [2.75, 3.05) is 33.3 Å². The molecule has 0 bridgehead atoms. The highest BCUT2D eigenvalue weighted by Gasteiger charge is 2.24. The Kier molecular flexibility index (Phi) is 4.75. The number of rotatable bonds is 4. The molecule has 2 atom stereocenters. The highest BCUT2D eigenvalue weighted by atomic mass is 16.5. The van der Waals surface area contributed by atoms with Crippen molar-refractivity contribution >= 4 is 0 Å². The smallest absolute Gasteiger partial charge is 0.0826 e. The fraction of sp³-hybridized carbons (Fsp3) is 0.600. The van der Waals surface area contributed by atoms with E-state index in [1.165, 1.54) is 11.1 Å². The molecule has 0 radical (unpaired) electrons. The van der Waals surface area contributed by atoms with E-state index in [2.05, 4.69) is 48.3 Å². The second-order valence-corrected chi connectivity index (χ2v) is 5.13. The van der Waals surface area contributed by atoms with Crippen LogP contribution in [0.4, 0.5) is 0 Å². The summed E-state index contributed by atoms with van der Waals surface area (Å²) in [5.74, 6) is 0. The molecular formula is C15H24N2O. The summed E-state index contributed by atoms with van der Waals surface area (Å²) in [5.41, 5.74) is 2.71. The van der Waals surface area contributed by atoms with Gasteiger partial charge in [0.25, 0.3) is 0 Å². The molecule has 0 aromatic heterocycles. The number of nitrogens with one attached hydrogen (secondary N) is 1. The van der Waals surface area contributed by atoms with Crippen LogP contribution in [0, 0.1) is 6.92 Å². The second-order valence-electron chi connectivity index (χ2n) is 5.13. The number of likely N-dealkylation sites (N-methyl/N-ethyl adjacent to an activating group) is 1. The summed E-state index contributed by atoms with van der Waals surface area (Å²) in [6.45, 7) is 8.21. The van der Waals surface area contributed by atoms with Gasteiger partial charge >= 0.3 is 0 Å².